The summed E-state index contributed by atoms with van der Waals surface area (Å²) in [6, 6.07) is 1.67. The van der Waals surface area contributed by atoms with Gasteiger partial charge in [0.2, 0.25) is 0 Å². The summed E-state index contributed by atoms with van der Waals surface area (Å²) in [4.78, 5) is 8.13. The van der Waals surface area contributed by atoms with Crippen LogP contribution in [-0.2, 0) is 0 Å². The maximum atomic E-state index is 5.75. The standard InChI is InChI=1S/C7H7N5S2/c8-4-1-2-10-6(5(4)9)13-7-11-3-12-14-7/h1-3H,9H2,(H2,8,10). The van der Waals surface area contributed by atoms with Gasteiger partial charge >= 0.3 is 0 Å². The van der Waals surface area contributed by atoms with Crippen molar-refractivity contribution in [3.8, 4) is 0 Å². The monoisotopic (exact) mass is 225 g/mol. The van der Waals surface area contributed by atoms with Gasteiger partial charge in [-0.15, -0.1) is 0 Å². The van der Waals surface area contributed by atoms with Crippen molar-refractivity contribution in [2.45, 2.75) is 9.37 Å². The predicted molar refractivity (Wildman–Crippen MR) is 57.1 cm³/mol. The van der Waals surface area contributed by atoms with Crippen molar-refractivity contribution in [2.24, 2.45) is 0 Å². The fourth-order valence-corrected chi connectivity index (χ4v) is 2.24. The van der Waals surface area contributed by atoms with Crippen molar-refractivity contribution >= 4 is 34.7 Å². The number of rotatable bonds is 2. The van der Waals surface area contributed by atoms with E-state index in [0.717, 1.165) is 4.34 Å². The van der Waals surface area contributed by atoms with Crippen LogP contribution < -0.4 is 11.5 Å². The second kappa shape index (κ2) is 3.81. The quantitative estimate of drug-likeness (QED) is 0.799. The molecule has 5 nitrogen and oxygen atoms in total. The summed E-state index contributed by atoms with van der Waals surface area (Å²) in [6.45, 7) is 0. The number of nitrogen functional groups attached to an aromatic ring is 2. The highest BCUT2D eigenvalue weighted by molar-refractivity contribution is 8.01. The molecule has 72 valence electrons. The number of pyridine rings is 1. The van der Waals surface area contributed by atoms with Crippen molar-refractivity contribution in [2.75, 3.05) is 11.5 Å². The summed E-state index contributed by atoms with van der Waals surface area (Å²) in [5.74, 6) is 0. The van der Waals surface area contributed by atoms with Crippen LogP contribution in [0, 0.1) is 0 Å². The molecule has 0 saturated heterocycles. The van der Waals surface area contributed by atoms with Gasteiger partial charge in [0.05, 0.1) is 11.4 Å². The zero-order chi connectivity index (χ0) is 9.97. The van der Waals surface area contributed by atoms with Crippen molar-refractivity contribution in [1.29, 1.82) is 0 Å². The van der Waals surface area contributed by atoms with Gasteiger partial charge < -0.3 is 11.5 Å². The van der Waals surface area contributed by atoms with Crippen LogP contribution in [0.1, 0.15) is 0 Å². The highest BCUT2D eigenvalue weighted by Crippen LogP contribution is 2.32. The summed E-state index contributed by atoms with van der Waals surface area (Å²) in [7, 11) is 0. The molecule has 0 aromatic carbocycles. The van der Waals surface area contributed by atoms with Crippen molar-refractivity contribution in [1.82, 2.24) is 14.3 Å². The highest BCUT2D eigenvalue weighted by atomic mass is 32.2. The van der Waals surface area contributed by atoms with E-state index in [1.807, 2.05) is 0 Å². The minimum atomic E-state index is 0.493. The highest BCUT2D eigenvalue weighted by Gasteiger charge is 2.07. The molecule has 0 saturated carbocycles. The Kier molecular flexibility index (Phi) is 2.51. The molecule has 2 rings (SSSR count). The third kappa shape index (κ3) is 1.78. The molecule has 0 aliphatic rings. The van der Waals surface area contributed by atoms with Gasteiger partial charge in [-0.2, -0.15) is 4.37 Å². The second-order valence-corrected chi connectivity index (χ2v) is 4.44. The molecule has 14 heavy (non-hydrogen) atoms. The van der Waals surface area contributed by atoms with E-state index in [4.69, 9.17) is 11.5 Å². The summed E-state index contributed by atoms with van der Waals surface area (Å²) in [5, 5.41) is 0.668. The molecule has 0 aliphatic carbocycles. The van der Waals surface area contributed by atoms with Gasteiger partial charge in [0.1, 0.15) is 11.4 Å². The first-order valence-corrected chi connectivity index (χ1v) is 5.31. The third-order valence-electron chi connectivity index (χ3n) is 1.51. The van der Waals surface area contributed by atoms with Crippen LogP contribution in [0.5, 0.6) is 0 Å². The van der Waals surface area contributed by atoms with Crippen LogP contribution in [0.3, 0.4) is 0 Å². The van der Waals surface area contributed by atoms with Crippen LogP contribution in [0.15, 0.2) is 28.0 Å². The molecule has 0 atom stereocenters. The maximum Gasteiger partial charge on any atom is 0.176 e. The molecule has 0 bridgehead atoms. The molecule has 2 aromatic heterocycles. The number of hydrogen-bond acceptors (Lipinski definition) is 7. The van der Waals surface area contributed by atoms with E-state index in [1.165, 1.54) is 29.6 Å². The number of hydrogen-bond donors (Lipinski definition) is 2. The molecule has 0 amide bonds. The van der Waals surface area contributed by atoms with E-state index in [-0.39, 0.29) is 0 Å². The summed E-state index contributed by atoms with van der Waals surface area (Å²) < 4.78 is 4.68. The van der Waals surface area contributed by atoms with Gasteiger partial charge in [0, 0.05) is 6.20 Å². The SMILES string of the molecule is Nc1ccnc(Sc2ncns2)c1N. The van der Waals surface area contributed by atoms with Gasteiger partial charge in [0.15, 0.2) is 4.34 Å². The molecule has 0 spiro atoms. The Morgan fingerprint density at radius 1 is 1.29 bits per heavy atom. The molecule has 0 unspecified atom stereocenters. The van der Waals surface area contributed by atoms with Gasteiger partial charge in [0.25, 0.3) is 0 Å². The Hall–Kier alpha value is -1.34. The van der Waals surface area contributed by atoms with E-state index in [0.29, 0.717) is 16.4 Å². The maximum absolute atomic E-state index is 5.75. The molecule has 4 N–H and O–H groups in total. The van der Waals surface area contributed by atoms with Gasteiger partial charge in [-0.3, -0.25) is 0 Å². The summed E-state index contributed by atoms with van der Waals surface area (Å²) in [6.07, 6.45) is 3.12. The fraction of sp³-hybridized carbons (Fsp3) is 0. The smallest absolute Gasteiger partial charge is 0.176 e. The van der Waals surface area contributed by atoms with Gasteiger partial charge in [-0.1, -0.05) is 0 Å². The van der Waals surface area contributed by atoms with Crippen molar-refractivity contribution in [3.63, 3.8) is 0 Å². The third-order valence-corrected chi connectivity index (χ3v) is 3.25. The number of nitrogens with zero attached hydrogens (tertiary/aromatic N) is 3. The zero-order valence-corrected chi connectivity index (χ0v) is 8.68. The number of nitrogens with two attached hydrogens (primary N) is 2. The van der Waals surface area contributed by atoms with Crippen LogP contribution in [0.25, 0.3) is 0 Å². The van der Waals surface area contributed by atoms with Crippen LogP contribution >= 0.6 is 23.3 Å². The Labute approximate surface area is 88.7 Å². The van der Waals surface area contributed by atoms with E-state index in [2.05, 4.69) is 14.3 Å². The van der Waals surface area contributed by atoms with E-state index in [1.54, 1.807) is 12.3 Å². The summed E-state index contributed by atoms with van der Waals surface area (Å²) in [5.41, 5.74) is 12.4. The second-order valence-electron chi connectivity index (χ2n) is 2.43. The lowest BCUT2D eigenvalue weighted by Gasteiger charge is -2.03. The van der Waals surface area contributed by atoms with Crippen molar-refractivity contribution < 1.29 is 0 Å². The summed E-state index contributed by atoms with van der Waals surface area (Å²) >= 11 is 2.66. The largest absolute Gasteiger partial charge is 0.397 e. The first-order valence-electron chi connectivity index (χ1n) is 3.72. The average molecular weight is 225 g/mol. The molecular formula is C7H7N5S2. The lowest BCUT2D eigenvalue weighted by atomic mass is 10.4. The minimum absolute atomic E-state index is 0.493. The van der Waals surface area contributed by atoms with Crippen LogP contribution in [-0.4, -0.2) is 14.3 Å². The van der Waals surface area contributed by atoms with E-state index in [9.17, 15) is 0 Å². The number of anilines is 2. The minimum Gasteiger partial charge on any atom is -0.397 e. The zero-order valence-electron chi connectivity index (χ0n) is 7.04. The van der Waals surface area contributed by atoms with Crippen LogP contribution in [0.2, 0.25) is 0 Å². The van der Waals surface area contributed by atoms with Crippen LogP contribution in [0.4, 0.5) is 11.4 Å². The molecule has 2 aromatic rings. The predicted octanol–water partition coefficient (Wildman–Crippen LogP) is 1.25. The molecule has 0 fully saturated rings. The molecule has 2 heterocycles. The lowest BCUT2D eigenvalue weighted by Crippen LogP contribution is -1.97. The Morgan fingerprint density at radius 2 is 2.14 bits per heavy atom. The van der Waals surface area contributed by atoms with E-state index < -0.39 is 0 Å². The van der Waals surface area contributed by atoms with Crippen molar-refractivity contribution in [3.05, 3.63) is 18.6 Å². The van der Waals surface area contributed by atoms with E-state index >= 15 is 0 Å². The average Bonchev–Trinajstić information content (AvgIpc) is 2.66. The molecule has 0 aliphatic heterocycles. The first kappa shape index (κ1) is 9.22. The first-order chi connectivity index (χ1) is 6.77. The van der Waals surface area contributed by atoms with Gasteiger partial charge in [-0.05, 0) is 29.4 Å². The Balaban J connectivity index is 2.29. The number of aromatic nitrogens is 3. The molecule has 0 radical (unpaired) electrons. The molecular weight excluding hydrogens is 218 g/mol. The Bertz CT molecular complexity index is 428. The molecule has 7 heteroatoms. The normalized spacial score (nSPS) is 10.3. The fourth-order valence-electron chi connectivity index (χ4n) is 0.840. The Morgan fingerprint density at radius 3 is 2.86 bits per heavy atom. The lowest BCUT2D eigenvalue weighted by molar-refractivity contribution is 1.13. The van der Waals surface area contributed by atoms with Gasteiger partial charge in [-0.25, -0.2) is 9.97 Å². The topological polar surface area (TPSA) is 90.7 Å².